The van der Waals surface area contributed by atoms with Crippen LogP contribution in [0.2, 0.25) is 0 Å². The van der Waals surface area contributed by atoms with E-state index in [1.54, 1.807) is 0 Å². The van der Waals surface area contributed by atoms with E-state index >= 15 is 0 Å². The van der Waals surface area contributed by atoms with Crippen molar-refractivity contribution in [3.8, 4) is 0 Å². The molecule has 2 N–H and O–H groups in total. The highest BCUT2D eigenvalue weighted by molar-refractivity contribution is 4.82. The van der Waals surface area contributed by atoms with Crippen molar-refractivity contribution in [1.82, 2.24) is 4.90 Å². The Morgan fingerprint density at radius 2 is 1.88 bits per heavy atom. The van der Waals surface area contributed by atoms with E-state index in [0.29, 0.717) is 5.41 Å². The van der Waals surface area contributed by atoms with Crippen molar-refractivity contribution >= 4 is 0 Å². The average Bonchev–Trinajstić information content (AvgIpc) is 2.30. The number of nitrogens with zero attached hydrogens (tertiary/aromatic N) is 1. The molecule has 1 aliphatic rings. The smallest absolute Gasteiger partial charge is 0.00924 e. The lowest BCUT2D eigenvalue weighted by atomic mass is 9.84. The second kappa shape index (κ2) is 6.61. The molecule has 0 aromatic rings. The van der Waals surface area contributed by atoms with Crippen LogP contribution in [0.5, 0.6) is 0 Å². The maximum atomic E-state index is 5.94. The van der Waals surface area contributed by atoms with Crippen molar-refractivity contribution in [3.05, 3.63) is 0 Å². The van der Waals surface area contributed by atoms with Gasteiger partial charge in [0.15, 0.2) is 0 Å². The zero-order valence-corrected chi connectivity index (χ0v) is 11.5. The quantitative estimate of drug-likeness (QED) is 0.754. The number of hydrogen-bond acceptors (Lipinski definition) is 2. The largest absolute Gasteiger partial charge is 0.330 e. The first-order valence-electron chi connectivity index (χ1n) is 7.01. The van der Waals surface area contributed by atoms with Crippen molar-refractivity contribution < 1.29 is 0 Å². The first-order valence-corrected chi connectivity index (χ1v) is 7.01. The van der Waals surface area contributed by atoms with Gasteiger partial charge < -0.3 is 10.6 Å². The molecule has 0 aliphatic heterocycles. The zero-order valence-electron chi connectivity index (χ0n) is 11.5. The zero-order chi connectivity index (χ0) is 12.0. The van der Waals surface area contributed by atoms with Gasteiger partial charge >= 0.3 is 0 Å². The molecule has 0 aromatic carbocycles. The Hall–Kier alpha value is -0.0800. The molecule has 1 rings (SSSR count). The van der Waals surface area contributed by atoms with Crippen LogP contribution in [-0.2, 0) is 0 Å². The van der Waals surface area contributed by atoms with Gasteiger partial charge in [0.1, 0.15) is 0 Å². The molecule has 0 bridgehead atoms. The molecule has 1 atom stereocenters. The van der Waals surface area contributed by atoms with Gasteiger partial charge in [0.2, 0.25) is 0 Å². The molecular weight excluding hydrogens is 196 g/mol. The van der Waals surface area contributed by atoms with Gasteiger partial charge in [-0.25, -0.2) is 0 Å². The Morgan fingerprint density at radius 1 is 1.25 bits per heavy atom. The normalized spacial score (nSPS) is 22.3. The summed E-state index contributed by atoms with van der Waals surface area (Å²) in [6.45, 7) is 6.59. The first-order chi connectivity index (χ1) is 7.61. The molecule has 0 aromatic heterocycles. The van der Waals surface area contributed by atoms with E-state index in [0.717, 1.165) is 12.6 Å². The SMILES string of the molecule is CCCC(C)(CN)CN(C)C1CCCCC1. The maximum Gasteiger partial charge on any atom is 0.00924 e. The molecule has 1 aliphatic carbocycles. The third kappa shape index (κ3) is 4.06. The highest BCUT2D eigenvalue weighted by Gasteiger charge is 2.27. The predicted molar refractivity (Wildman–Crippen MR) is 71.6 cm³/mol. The highest BCUT2D eigenvalue weighted by Crippen LogP contribution is 2.27. The lowest BCUT2D eigenvalue weighted by Gasteiger charge is -2.38. The summed E-state index contributed by atoms with van der Waals surface area (Å²) in [5.41, 5.74) is 6.26. The Balaban J connectivity index is 2.43. The van der Waals surface area contributed by atoms with Crippen LogP contribution in [0.1, 0.15) is 58.8 Å². The minimum atomic E-state index is 0.320. The molecule has 2 heteroatoms. The van der Waals surface area contributed by atoms with Gasteiger partial charge in [0.05, 0.1) is 0 Å². The molecule has 0 amide bonds. The molecule has 96 valence electrons. The van der Waals surface area contributed by atoms with Gasteiger partial charge in [0, 0.05) is 12.6 Å². The average molecular weight is 226 g/mol. The van der Waals surface area contributed by atoms with Gasteiger partial charge in [-0.2, -0.15) is 0 Å². The molecule has 0 radical (unpaired) electrons. The summed E-state index contributed by atoms with van der Waals surface area (Å²) < 4.78 is 0. The highest BCUT2D eigenvalue weighted by atomic mass is 15.1. The Kier molecular flexibility index (Phi) is 5.77. The third-order valence-electron chi connectivity index (χ3n) is 4.18. The number of rotatable bonds is 6. The van der Waals surface area contributed by atoms with Crippen LogP contribution in [-0.4, -0.2) is 31.1 Å². The lowest BCUT2D eigenvalue weighted by molar-refractivity contribution is 0.120. The summed E-state index contributed by atoms with van der Waals surface area (Å²) in [5.74, 6) is 0. The van der Waals surface area contributed by atoms with E-state index in [-0.39, 0.29) is 0 Å². The van der Waals surface area contributed by atoms with E-state index < -0.39 is 0 Å². The molecular formula is C14H30N2. The van der Waals surface area contributed by atoms with Crippen LogP contribution >= 0.6 is 0 Å². The summed E-state index contributed by atoms with van der Waals surface area (Å²) in [6.07, 6.45) is 9.55. The van der Waals surface area contributed by atoms with Crippen molar-refractivity contribution in [1.29, 1.82) is 0 Å². The van der Waals surface area contributed by atoms with Crippen LogP contribution in [0, 0.1) is 5.41 Å². The summed E-state index contributed by atoms with van der Waals surface area (Å²) in [6, 6.07) is 0.816. The number of nitrogens with two attached hydrogens (primary N) is 1. The Labute approximate surface area is 102 Å². The maximum absolute atomic E-state index is 5.94. The van der Waals surface area contributed by atoms with E-state index in [1.807, 2.05) is 0 Å². The van der Waals surface area contributed by atoms with Crippen LogP contribution in [0.15, 0.2) is 0 Å². The molecule has 2 nitrogen and oxygen atoms in total. The molecule has 1 fully saturated rings. The van der Waals surface area contributed by atoms with Crippen molar-refractivity contribution in [3.63, 3.8) is 0 Å². The molecule has 0 heterocycles. The summed E-state index contributed by atoms with van der Waals surface area (Å²) in [5, 5.41) is 0. The molecule has 1 unspecified atom stereocenters. The van der Waals surface area contributed by atoms with Gasteiger partial charge in [-0.3, -0.25) is 0 Å². The van der Waals surface area contributed by atoms with E-state index in [4.69, 9.17) is 5.73 Å². The molecule has 0 spiro atoms. The van der Waals surface area contributed by atoms with Crippen LogP contribution in [0.4, 0.5) is 0 Å². The molecule has 1 saturated carbocycles. The van der Waals surface area contributed by atoms with Gasteiger partial charge in [0.25, 0.3) is 0 Å². The van der Waals surface area contributed by atoms with Crippen LogP contribution in [0.25, 0.3) is 0 Å². The van der Waals surface area contributed by atoms with Crippen molar-refractivity contribution in [2.24, 2.45) is 11.1 Å². The fourth-order valence-electron chi connectivity index (χ4n) is 3.10. The Morgan fingerprint density at radius 3 is 2.38 bits per heavy atom. The fraction of sp³-hybridized carbons (Fsp3) is 1.00. The van der Waals surface area contributed by atoms with Gasteiger partial charge in [-0.1, -0.05) is 39.5 Å². The minimum absolute atomic E-state index is 0.320. The van der Waals surface area contributed by atoms with Crippen LogP contribution in [0.3, 0.4) is 0 Å². The van der Waals surface area contributed by atoms with Gasteiger partial charge in [-0.05, 0) is 38.3 Å². The molecule has 16 heavy (non-hydrogen) atoms. The fourth-order valence-corrected chi connectivity index (χ4v) is 3.10. The second-order valence-electron chi connectivity index (χ2n) is 5.97. The van der Waals surface area contributed by atoms with Crippen molar-refractivity contribution in [2.75, 3.05) is 20.1 Å². The van der Waals surface area contributed by atoms with E-state index in [1.165, 1.54) is 51.5 Å². The third-order valence-corrected chi connectivity index (χ3v) is 4.18. The number of hydrogen-bond donors (Lipinski definition) is 1. The second-order valence-corrected chi connectivity index (χ2v) is 5.97. The first kappa shape index (κ1) is 14.0. The predicted octanol–water partition coefficient (Wildman–Crippen LogP) is 3.02. The van der Waals surface area contributed by atoms with E-state index in [2.05, 4.69) is 25.8 Å². The molecule has 0 saturated heterocycles. The van der Waals surface area contributed by atoms with Crippen LogP contribution < -0.4 is 5.73 Å². The standard InChI is InChI=1S/C14H30N2/c1-4-10-14(2,11-15)12-16(3)13-8-6-5-7-9-13/h13H,4-12,15H2,1-3H3. The lowest BCUT2D eigenvalue weighted by Crippen LogP contribution is -2.44. The summed E-state index contributed by atoms with van der Waals surface area (Å²) in [7, 11) is 2.29. The topological polar surface area (TPSA) is 29.3 Å². The minimum Gasteiger partial charge on any atom is -0.330 e. The summed E-state index contributed by atoms with van der Waals surface area (Å²) >= 11 is 0. The summed E-state index contributed by atoms with van der Waals surface area (Å²) in [4.78, 5) is 2.57. The monoisotopic (exact) mass is 226 g/mol. The van der Waals surface area contributed by atoms with Crippen molar-refractivity contribution in [2.45, 2.75) is 64.8 Å². The van der Waals surface area contributed by atoms with E-state index in [9.17, 15) is 0 Å². The Bertz CT molecular complexity index is 187. The van der Waals surface area contributed by atoms with Gasteiger partial charge in [-0.15, -0.1) is 0 Å².